The molecule has 1 saturated heterocycles. The van der Waals surface area contributed by atoms with Gasteiger partial charge < -0.3 is 16.4 Å². The number of nitrogens with one attached hydrogen (secondary N) is 3. The first kappa shape index (κ1) is 23.9. The molecule has 5 unspecified atom stereocenters. The van der Waals surface area contributed by atoms with Gasteiger partial charge in [-0.2, -0.15) is 4.91 Å². The molecule has 0 spiro atoms. The van der Waals surface area contributed by atoms with Gasteiger partial charge in [0.1, 0.15) is 18.1 Å². The number of carbonyl (C=O) groups excluding carboxylic acids is 1. The summed E-state index contributed by atoms with van der Waals surface area (Å²) in [5.74, 6) is -1.69. The summed E-state index contributed by atoms with van der Waals surface area (Å²) in [6.07, 6.45) is -0.260. The normalized spacial score (nSPS) is 22.9. The van der Waals surface area contributed by atoms with Crippen LogP contribution in [0.3, 0.4) is 0 Å². The van der Waals surface area contributed by atoms with E-state index in [2.05, 4.69) is 31.3 Å². The van der Waals surface area contributed by atoms with Gasteiger partial charge in [-0.15, -0.1) is 4.91 Å². The number of carbonyl (C=O) groups is 1. The van der Waals surface area contributed by atoms with E-state index >= 15 is 0 Å². The summed E-state index contributed by atoms with van der Waals surface area (Å²) < 4.78 is 13.6. The topological polar surface area (TPSA) is 154 Å². The molecular formula is C18H29FN8O3. The number of amides is 1. The zero-order valence-electron chi connectivity index (χ0n) is 17.3. The van der Waals surface area contributed by atoms with Crippen molar-refractivity contribution in [3.63, 3.8) is 0 Å². The SMILES string of the molecule is CC(C)NCC(N=O)c1ccncc1NC(=O)C(C(N)N=O)C1NCC(F)CN1C. The van der Waals surface area contributed by atoms with E-state index in [-0.39, 0.29) is 31.4 Å². The predicted molar refractivity (Wildman–Crippen MR) is 111 cm³/mol. The molecule has 1 amide bonds. The van der Waals surface area contributed by atoms with Crippen LogP contribution in [0, 0.1) is 15.7 Å². The predicted octanol–water partition coefficient (Wildman–Crippen LogP) is 0.692. The highest BCUT2D eigenvalue weighted by atomic mass is 19.1. The second-order valence-electron chi connectivity index (χ2n) is 7.65. The Morgan fingerprint density at radius 2 is 2.17 bits per heavy atom. The largest absolute Gasteiger partial charge is 0.324 e. The van der Waals surface area contributed by atoms with E-state index in [0.717, 1.165) is 0 Å². The third kappa shape index (κ3) is 6.05. The van der Waals surface area contributed by atoms with Crippen LogP contribution in [0.2, 0.25) is 0 Å². The summed E-state index contributed by atoms with van der Waals surface area (Å²) in [6.45, 7) is 4.26. The minimum absolute atomic E-state index is 0.0283. The molecule has 2 heterocycles. The smallest absolute Gasteiger partial charge is 0.234 e. The first-order valence-corrected chi connectivity index (χ1v) is 9.74. The van der Waals surface area contributed by atoms with Crippen LogP contribution in [0.5, 0.6) is 0 Å². The van der Waals surface area contributed by atoms with E-state index in [9.17, 15) is 19.0 Å². The monoisotopic (exact) mass is 424 g/mol. The van der Waals surface area contributed by atoms with Crippen LogP contribution in [-0.4, -0.2) is 67.0 Å². The van der Waals surface area contributed by atoms with E-state index in [1.807, 2.05) is 13.8 Å². The fraction of sp³-hybridized carbons (Fsp3) is 0.667. The van der Waals surface area contributed by atoms with Crippen LogP contribution < -0.4 is 21.7 Å². The second-order valence-corrected chi connectivity index (χ2v) is 7.65. The number of anilines is 1. The van der Waals surface area contributed by atoms with E-state index < -0.39 is 36.4 Å². The van der Waals surface area contributed by atoms with Crippen molar-refractivity contribution >= 4 is 11.6 Å². The summed E-state index contributed by atoms with van der Waals surface area (Å²) >= 11 is 0. The Bertz CT molecular complexity index is 737. The van der Waals surface area contributed by atoms with Gasteiger partial charge in [0.2, 0.25) is 5.91 Å². The van der Waals surface area contributed by atoms with Crippen molar-refractivity contribution in [1.29, 1.82) is 0 Å². The van der Waals surface area contributed by atoms with Crippen LogP contribution in [0.25, 0.3) is 0 Å². The Morgan fingerprint density at radius 3 is 2.77 bits per heavy atom. The Balaban J connectivity index is 2.25. The first-order valence-electron chi connectivity index (χ1n) is 9.74. The lowest BCUT2D eigenvalue weighted by Gasteiger charge is -2.39. The molecule has 0 aromatic carbocycles. The van der Waals surface area contributed by atoms with E-state index in [0.29, 0.717) is 5.56 Å². The molecule has 0 radical (unpaired) electrons. The summed E-state index contributed by atoms with van der Waals surface area (Å²) in [5.41, 5.74) is 6.56. The number of halogens is 1. The van der Waals surface area contributed by atoms with E-state index in [1.54, 1.807) is 18.0 Å². The maximum Gasteiger partial charge on any atom is 0.234 e. The number of alkyl halides is 1. The number of hydrogen-bond donors (Lipinski definition) is 4. The van der Waals surface area contributed by atoms with Crippen LogP contribution in [0.1, 0.15) is 25.5 Å². The van der Waals surface area contributed by atoms with Crippen molar-refractivity contribution in [2.75, 3.05) is 32.0 Å². The molecule has 12 heteroatoms. The lowest BCUT2D eigenvalue weighted by atomic mass is 9.98. The van der Waals surface area contributed by atoms with Gasteiger partial charge in [0, 0.05) is 37.4 Å². The molecule has 1 aromatic heterocycles. The van der Waals surface area contributed by atoms with Gasteiger partial charge >= 0.3 is 0 Å². The number of nitrogens with zero attached hydrogens (tertiary/aromatic N) is 4. The van der Waals surface area contributed by atoms with Crippen LogP contribution in [0.15, 0.2) is 28.8 Å². The fourth-order valence-corrected chi connectivity index (χ4v) is 3.41. The van der Waals surface area contributed by atoms with Crippen molar-refractivity contribution in [3.8, 4) is 0 Å². The van der Waals surface area contributed by atoms with Gasteiger partial charge in [0.25, 0.3) is 0 Å². The third-order valence-electron chi connectivity index (χ3n) is 4.96. The number of pyridine rings is 1. The van der Waals surface area contributed by atoms with E-state index in [1.165, 1.54) is 12.4 Å². The van der Waals surface area contributed by atoms with Crippen molar-refractivity contribution in [2.45, 2.75) is 44.4 Å². The lowest BCUT2D eigenvalue weighted by molar-refractivity contribution is -0.124. The average molecular weight is 424 g/mol. The van der Waals surface area contributed by atoms with Gasteiger partial charge in [-0.05, 0) is 13.1 Å². The van der Waals surface area contributed by atoms with Gasteiger partial charge in [0.05, 0.1) is 18.1 Å². The van der Waals surface area contributed by atoms with Gasteiger partial charge in [0.15, 0.2) is 6.17 Å². The van der Waals surface area contributed by atoms with Gasteiger partial charge in [-0.1, -0.05) is 24.2 Å². The molecule has 11 nitrogen and oxygen atoms in total. The Morgan fingerprint density at radius 1 is 1.43 bits per heavy atom. The highest BCUT2D eigenvalue weighted by Crippen LogP contribution is 2.26. The minimum atomic E-state index is -1.36. The van der Waals surface area contributed by atoms with Crippen molar-refractivity contribution < 1.29 is 9.18 Å². The zero-order valence-corrected chi connectivity index (χ0v) is 17.3. The zero-order chi connectivity index (χ0) is 22.3. The maximum absolute atomic E-state index is 13.6. The molecule has 0 saturated carbocycles. The molecule has 1 fully saturated rings. The van der Waals surface area contributed by atoms with Crippen LogP contribution in [0.4, 0.5) is 10.1 Å². The molecule has 2 rings (SSSR count). The molecular weight excluding hydrogens is 395 g/mol. The molecule has 1 aliphatic rings. The molecule has 0 aliphatic carbocycles. The quantitative estimate of drug-likeness (QED) is 0.400. The van der Waals surface area contributed by atoms with Crippen molar-refractivity contribution in [1.82, 2.24) is 20.5 Å². The van der Waals surface area contributed by atoms with Crippen LogP contribution >= 0.6 is 0 Å². The van der Waals surface area contributed by atoms with Crippen molar-refractivity contribution in [2.24, 2.45) is 22.0 Å². The first-order chi connectivity index (χ1) is 14.3. The molecule has 30 heavy (non-hydrogen) atoms. The molecule has 5 atom stereocenters. The third-order valence-corrected chi connectivity index (χ3v) is 4.96. The maximum atomic E-state index is 13.6. The number of hydrogen-bond acceptors (Lipinski definition) is 10. The van der Waals surface area contributed by atoms with Gasteiger partial charge in [-0.3, -0.25) is 20.0 Å². The number of rotatable bonds is 10. The lowest BCUT2D eigenvalue weighted by Crippen LogP contribution is -2.62. The highest BCUT2D eigenvalue weighted by molar-refractivity contribution is 5.94. The molecule has 1 aromatic rings. The van der Waals surface area contributed by atoms with Crippen molar-refractivity contribution in [3.05, 3.63) is 33.8 Å². The molecule has 0 bridgehead atoms. The Hall–Kier alpha value is -2.41. The van der Waals surface area contributed by atoms with Gasteiger partial charge in [-0.25, -0.2) is 4.39 Å². The average Bonchev–Trinajstić information content (AvgIpc) is 2.71. The molecule has 1 aliphatic heterocycles. The highest BCUT2D eigenvalue weighted by Gasteiger charge is 2.40. The van der Waals surface area contributed by atoms with E-state index in [4.69, 9.17) is 5.73 Å². The number of nitrogens with two attached hydrogens (primary N) is 1. The Labute approximate surface area is 174 Å². The summed E-state index contributed by atoms with van der Waals surface area (Å²) in [6, 6.07) is 0.974. The Kier molecular flexibility index (Phi) is 8.84. The van der Waals surface area contributed by atoms with Crippen LogP contribution in [-0.2, 0) is 4.79 Å². The summed E-state index contributed by atoms with van der Waals surface area (Å²) in [5, 5.41) is 14.7. The molecule has 166 valence electrons. The fourth-order valence-electron chi connectivity index (χ4n) is 3.41. The minimum Gasteiger partial charge on any atom is -0.324 e. The standard InChI is InChI=1S/C18H29FN8O3/c1-10(2)22-8-14(25-29)12-4-5-21-7-13(12)24-18(28)15(16(20)26-30)17-23-6-11(19)9-27(17)3/h4-5,7,10-11,14-17,22-23H,6,8-9,20H2,1-3H3,(H,24,28). The summed E-state index contributed by atoms with van der Waals surface area (Å²) in [7, 11) is 1.63. The number of nitroso groups, excluding NO2 is 2. The second kappa shape index (κ2) is 11.1. The summed E-state index contributed by atoms with van der Waals surface area (Å²) in [4.78, 5) is 41.2. The molecule has 5 N–H and O–H groups in total. The number of aromatic nitrogens is 1.